The van der Waals surface area contributed by atoms with Crippen LogP contribution in [0.5, 0.6) is 0 Å². The summed E-state index contributed by atoms with van der Waals surface area (Å²) in [5.41, 5.74) is -0.0178. The molecular weight excluding hydrogens is 276 g/mol. The summed E-state index contributed by atoms with van der Waals surface area (Å²) < 4.78 is 25.0. The smallest absolute Gasteiger partial charge is 0.244 e. The van der Waals surface area contributed by atoms with Gasteiger partial charge in [-0.3, -0.25) is 0 Å². The number of sulfonamides is 1. The van der Waals surface area contributed by atoms with Crippen molar-refractivity contribution in [3.05, 3.63) is 18.3 Å². The third kappa shape index (κ3) is 3.91. The number of likely N-dealkylation sites (N-methyl/N-ethyl adjacent to an activating group) is 1. The largest absolute Gasteiger partial charge is 0.368 e. The summed E-state index contributed by atoms with van der Waals surface area (Å²) >= 11 is 0. The van der Waals surface area contributed by atoms with Gasteiger partial charge in [0.05, 0.1) is 0 Å². The molecule has 20 heavy (non-hydrogen) atoms. The Balaban J connectivity index is 2.79. The van der Waals surface area contributed by atoms with Crippen molar-refractivity contribution in [1.82, 2.24) is 14.2 Å². The summed E-state index contributed by atoms with van der Waals surface area (Å²) in [5.74, 6) is 0.664. The van der Waals surface area contributed by atoms with E-state index in [-0.39, 0.29) is 10.4 Å². The molecule has 0 aliphatic heterocycles. The molecule has 114 valence electrons. The number of rotatable bonds is 6. The third-order valence-corrected chi connectivity index (χ3v) is 5.23. The zero-order valence-electron chi connectivity index (χ0n) is 13.0. The predicted octanol–water partition coefficient (Wildman–Crippen LogP) is 1.08. The Hall–Kier alpha value is -1.18. The van der Waals surface area contributed by atoms with Crippen molar-refractivity contribution >= 4 is 15.8 Å². The molecule has 0 amide bonds. The van der Waals surface area contributed by atoms with E-state index in [4.69, 9.17) is 0 Å². The maximum Gasteiger partial charge on any atom is 0.244 e. The maximum absolute atomic E-state index is 11.9. The molecule has 0 saturated carbocycles. The Bertz CT molecular complexity index is 536. The van der Waals surface area contributed by atoms with Crippen molar-refractivity contribution in [1.29, 1.82) is 0 Å². The van der Waals surface area contributed by atoms with Gasteiger partial charge in [-0.1, -0.05) is 0 Å². The second-order valence-electron chi connectivity index (χ2n) is 5.73. The molecule has 0 radical (unpaired) electrons. The van der Waals surface area contributed by atoms with Crippen LogP contribution < -0.4 is 5.32 Å². The highest BCUT2D eigenvalue weighted by atomic mass is 32.2. The van der Waals surface area contributed by atoms with Gasteiger partial charge in [-0.05, 0) is 40.1 Å². The Labute approximate surface area is 121 Å². The topological polar surface area (TPSA) is 65.5 Å². The molecule has 6 nitrogen and oxygen atoms in total. The Kier molecular flexibility index (Phi) is 5.12. The number of nitrogens with one attached hydrogen (secondary N) is 1. The van der Waals surface area contributed by atoms with Gasteiger partial charge in [0.1, 0.15) is 10.7 Å². The minimum absolute atomic E-state index is 0.0178. The lowest BCUT2D eigenvalue weighted by atomic mass is 10.0. The van der Waals surface area contributed by atoms with Crippen LogP contribution in [0.3, 0.4) is 0 Å². The highest BCUT2D eigenvalue weighted by Gasteiger charge is 2.21. The second kappa shape index (κ2) is 6.07. The van der Waals surface area contributed by atoms with Crippen molar-refractivity contribution in [2.75, 3.05) is 40.1 Å². The molecule has 0 spiro atoms. The molecule has 1 rings (SSSR count). The summed E-state index contributed by atoms with van der Waals surface area (Å²) in [6.45, 7) is 4.95. The van der Waals surface area contributed by atoms with E-state index >= 15 is 0 Å². The van der Waals surface area contributed by atoms with E-state index in [0.717, 1.165) is 0 Å². The lowest BCUT2D eigenvalue weighted by Gasteiger charge is -2.32. The Morgan fingerprint density at radius 2 is 1.80 bits per heavy atom. The molecule has 0 fully saturated rings. The minimum Gasteiger partial charge on any atom is -0.368 e. The van der Waals surface area contributed by atoms with Crippen LogP contribution in [0, 0.1) is 0 Å². The van der Waals surface area contributed by atoms with Crippen LogP contribution in [0.15, 0.2) is 23.2 Å². The lowest BCUT2D eigenvalue weighted by molar-refractivity contribution is 0.210. The van der Waals surface area contributed by atoms with E-state index in [1.165, 1.54) is 24.6 Å². The molecule has 1 heterocycles. The number of pyridine rings is 1. The van der Waals surface area contributed by atoms with Gasteiger partial charge in [-0.2, -0.15) is 0 Å². The first kappa shape index (κ1) is 16.9. The van der Waals surface area contributed by atoms with Gasteiger partial charge in [-0.25, -0.2) is 17.7 Å². The lowest BCUT2D eigenvalue weighted by Crippen LogP contribution is -2.44. The highest BCUT2D eigenvalue weighted by Crippen LogP contribution is 2.15. The summed E-state index contributed by atoms with van der Waals surface area (Å²) in [4.78, 5) is 6.46. The van der Waals surface area contributed by atoms with Gasteiger partial charge >= 0.3 is 0 Å². The van der Waals surface area contributed by atoms with Crippen LogP contribution in [0.25, 0.3) is 0 Å². The first-order valence-electron chi connectivity index (χ1n) is 6.37. The van der Waals surface area contributed by atoms with Gasteiger partial charge in [0.2, 0.25) is 10.0 Å². The number of hydrogen-bond acceptors (Lipinski definition) is 5. The summed E-state index contributed by atoms with van der Waals surface area (Å²) in [5, 5.41) is 3.21. The van der Waals surface area contributed by atoms with Crippen LogP contribution in [-0.2, 0) is 10.0 Å². The quantitative estimate of drug-likeness (QED) is 0.852. The molecule has 0 atom stereocenters. The number of hydrogen-bond donors (Lipinski definition) is 1. The predicted molar refractivity (Wildman–Crippen MR) is 81.4 cm³/mol. The van der Waals surface area contributed by atoms with E-state index in [2.05, 4.69) is 29.0 Å². The average Bonchev–Trinajstić information content (AvgIpc) is 2.36. The van der Waals surface area contributed by atoms with E-state index < -0.39 is 10.0 Å². The van der Waals surface area contributed by atoms with E-state index in [1.54, 1.807) is 12.1 Å². The van der Waals surface area contributed by atoms with E-state index in [9.17, 15) is 8.42 Å². The van der Waals surface area contributed by atoms with Crippen molar-refractivity contribution in [3.8, 4) is 0 Å². The SMILES string of the molecule is CN(C)C(C)(C)CNc1ccc(S(=O)(=O)N(C)C)cn1. The minimum atomic E-state index is -3.42. The standard InChI is InChI=1S/C13H24N4O2S/c1-13(2,16(3)4)10-15-12-8-7-11(9-14-12)20(18,19)17(5)6/h7-9H,10H2,1-6H3,(H,14,15). The fourth-order valence-corrected chi connectivity index (χ4v) is 2.16. The molecule has 0 saturated heterocycles. The molecule has 0 aliphatic rings. The van der Waals surface area contributed by atoms with Crippen LogP contribution in [0.4, 0.5) is 5.82 Å². The van der Waals surface area contributed by atoms with Crippen molar-refractivity contribution in [2.45, 2.75) is 24.3 Å². The van der Waals surface area contributed by atoms with E-state index in [0.29, 0.717) is 12.4 Å². The highest BCUT2D eigenvalue weighted by molar-refractivity contribution is 7.89. The van der Waals surface area contributed by atoms with Crippen molar-refractivity contribution < 1.29 is 8.42 Å². The van der Waals surface area contributed by atoms with Gasteiger partial charge in [0.25, 0.3) is 0 Å². The molecule has 1 aromatic heterocycles. The van der Waals surface area contributed by atoms with Gasteiger partial charge in [0.15, 0.2) is 0 Å². The summed E-state index contributed by atoms with van der Waals surface area (Å²) in [6.07, 6.45) is 1.38. The monoisotopic (exact) mass is 300 g/mol. The fraction of sp³-hybridized carbons (Fsp3) is 0.615. The zero-order valence-corrected chi connectivity index (χ0v) is 13.8. The molecule has 0 aliphatic carbocycles. The zero-order chi connectivity index (χ0) is 15.6. The normalized spacial score (nSPS) is 13.0. The average molecular weight is 300 g/mol. The van der Waals surface area contributed by atoms with E-state index in [1.807, 2.05) is 14.1 Å². The van der Waals surface area contributed by atoms with Gasteiger partial charge in [-0.15, -0.1) is 0 Å². The van der Waals surface area contributed by atoms with Crippen LogP contribution in [-0.4, -0.2) is 62.9 Å². The van der Waals surface area contributed by atoms with Crippen LogP contribution in [0.2, 0.25) is 0 Å². The molecule has 0 unspecified atom stereocenters. The van der Waals surface area contributed by atoms with Gasteiger partial charge in [0, 0.05) is 32.4 Å². The number of anilines is 1. The molecular formula is C13H24N4O2S. The molecule has 7 heteroatoms. The van der Waals surface area contributed by atoms with Crippen molar-refractivity contribution in [2.24, 2.45) is 0 Å². The third-order valence-electron chi connectivity index (χ3n) is 3.43. The maximum atomic E-state index is 11.9. The number of nitrogens with zero attached hydrogens (tertiary/aromatic N) is 3. The fourth-order valence-electron chi connectivity index (χ4n) is 1.31. The van der Waals surface area contributed by atoms with Gasteiger partial charge < -0.3 is 10.2 Å². The number of aromatic nitrogens is 1. The van der Waals surface area contributed by atoms with Crippen LogP contribution in [0.1, 0.15) is 13.8 Å². The summed E-state index contributed by atoms with van der Waals surface area (Å²) in [7, 11) is 3.62. The Morgan fingerprint density at radius 1 is 1.20 bits per heavy atom. The first-order chi connectivity index (χ1) is 9.07. The summed E-state index contributed by atoms with van der Waals surface area (Å²) in [6, 6.07) is 3.25. The first-order valence-corrected chi connectivity index (χ1v) is 7.81. The molecule has 0 bridgehead atoms. The molecule has 1 aromatic rings. The molecule has 0 aromatic carbocycles. The molecule has 1 N–H and O–H groups in total. The van der Waals surface area contributed by atoms with Crippen LogP contribution >= 0.6 is 0 Å². The van der Waals surface area contributed by atoms with Crippen molar-refractivity contribution in [3.63, 3.8) is 0 Å². The second-order valence-corrected chi connectivity index (χ2v) is 7.88. The Morgan fingerprint density at radius 3 is 2.20 bits per heavy atom.